The highest BCUT2D eigenvalue weighted by Gasteiger charge is 2.30. The molecule has 1 fully saturated rings. The molecule has 1 N–H and O–H groups in total. The summed E-state index contributed by atoms with van der Waals surface area (Å²) in [6, 6.07) is 1.86. The molecule has 8 heteroatoms. The van der Waals surface area contributed by atoms with Crippen LogP contribution in [-0.4, -0.2) is 62.1 Å². The number of imidazole rings is 1. The molecule has 8 nitrogen and oxygen atoms in total. The van der Waals surface area contributed by atoms with Crippen molar-refractivity contribution in [1.82, 2.24) is 24.5 Å². The molecule has 3 heterocycles. The molecule has 1 aliphatic heterocycles. The average Bonchev–Trinajstić information content (AvgIpc) is 3.17. The van der Waals surface area contributed by atoms with E-state index in [2.05, 4.69) is 36.7 Å². The van der Waals surface area contributed by atoms with Gasteiger partial charge in [0.15, 0.2) is 0 Å². The molecular formula is C17H26N6O2. The van der Waals surface area contributed by atoms with E-state index in [0.717, 1.165) is 37.7 Å². The standard InChI is InChI=1S/C17H26N6O2/c1-12-9-16(25-20-12)19-17(24)14(3)23-8-7-22(13(2)10-23)11-15-18-5-6-21(15)4/h5-6,9,13-14H,7-8,10-11H2,1-4H3,(H,19,24)/t13-,14+/m1/s1. The fourth-order valence-electron chi connectivity index (χ4n) is 3.15. The SMILES string of the molecule is Cc1cc(NC(=O)[C@H](C)N2CCN(Cc3nccn3C)[C@H](C)C2)on1. The Kier molecular flexibility index (Phi) is 5.19. The fraction of sp³-hybridized carbons (Fsp3) is 0.588. The van der Waals surface area contributed by atoms with Gasteiger partial charge in [-0.1, -0.05) is 5.16 Å². The Labute approximate surface area is 147 Å². The maximum atomic E-state index is 12.4. The highest BCUT2D eigenvalue weighted by Crippen LogP contribution is 2.16. The first-order valence-electron chi connectivity index (χ1n) is 8.62. The van der Waals surface area contributed by atoms with Gasteiger partial charge in [-0.3, -0.25) is 19.9 Å². The van der Waals surface area contributed by atoms with Crippen molar-refractivity contribution in [2.75, 3.05) is 25.0 Å². The minimum Gasteiger partial charge on any atom is -0.338 e. The van der Waals surface area contributed by atoms with Gasteiger partial charge >= 0.3 is 0 Å². The third kappa shape index (κ3) is 4.08. The molecule has 0 aromatic carbocycles. The van der Waals surface area contributed by atoms with E-state index in [-0.39, 0.29) is 11.9 Å². The molecule has 3 rings (SSSR count). The van der Waals surface area contributed by atoms with E-state index in [4.69, 9.17) is 4.52 Å². The molecule has 2 aromatic heterocycles. The van der Waals surface area contributed by atoms with Gasteiger partial charge in [-0.05, 0) is 20.8 Å². The molecule has 0 unspecified atom stereocenters. The van der Waals surface area contributed by atoms with E-state index < -0.39 is 0 Å². The van der Waals surface area contributed by atoms with Crippen molar-refractivity contribution in [1.29, 1.82) is 0 Å². The van der Waals surface area contributed by atoms with Crippen LogP contribution < -0.4 is 5.32 Å². The quantitative estimate of drug-likeness (QED) is 0.878. The lowest BCUT2D eigenvalue weighted by atomic mass is 10.1. The van der Waals surface area contributed by atoms with Gasteiger partial charge in [-0.15, -0.1) is 0 Å². The predicted molar refractivity (Wildman–Crippen MR) is 94.0 cm³/mol. The van der Waals surface area contributed by atoms with Crippen LogP contribution in [0.25, 0.3) is 0 Å². The van der Waals surface area contributed by atoms with Gasteiger partial charge in [0.1, 0.15) is 5.82 Å². The molecule has 0 radical (unpaired) electrons. The highest BCUT2D eigenvalue weighted by molar-refractivity contribution is 5.93. The summed E-state index contributed by atoms with van der Waals surface area (Å²) in [7, 11) is 2.01. The summed E-state index contributed by atoms with van der Waals surface area (Å²) in [6.07, 6.45) is 3.79. The lowest BCUT2D eigenvalue weighted by molar-refractivity contribution is -0.122. The van der Waals surface area contributed by atoms with Crippen molar-refractivity contribution >= 4 is 11.8 Å². The summed E-state index contributed by atoms with van der Waals surface area (Å²) < 4.78 is 7.11. The first-order chi connectivity index (χ1) is 11.9. The van der Waals surface area contributed by atoms with Crippen LogP contribution >= 0.6 is 0 Å². The number of anilines is 1. The number of carbonyl (C=O) groups excluding carboxylic acids is 1. The van der Waals surface area contributed by atoms with Crippen molar-refractivity contribution in [3.63, 3.8) is 0 Å². The van der Waals surface area contributed by atoms with Crippen molar-refractivity contribution in [2.24, 2.45) is 7.05 Å². The zero-order chi connectivity index (χ0) is 18.0. The second kappa shape index (κ2) is 7.37. The zero-order valence-electron chi connectivity index (χ0n) is 15.3. The third-order valence-electron chi connectivity index (χ3n) is 4.86. The normalized spacial score (nSPS) is 20.6. The van der Waals surface area contributed by atoms with E-state index in [9.17, 15) is 4.79 Å². The summed E-state index contributed by atoms with van der Waals surface area (Å²) in [4.78, 5) is 21.5. The van der Waals surface area contributed by atoms with Crippen molar-refractivity contribution in [3.05, 3.63) is 30.0 Å². The van der Waals surface area contributed by atoms with Gasteiger partial charge in [-0.2, -0.15) is 0 Å². The molecular weight excluding hydrogens is 320 g/mol. The number of nitrogens with zero attached hydrogens (tertiary/aromatic N) is 5. The topological polar surface area (TPSA) is 79.4 Å². The van der Waals surface area contributed by atoms with Crippen LogP contribution in [0.1, 0.15) is 25.4 Å². The number of aryl methyl sites for hydroxylation is 2. The Hall–Kier alpha value is -2.19. The van der Waals surface area contributed by atoms with Crippen LogP contribution in [0, 0.1) is 6.92 Å². The molecule has 0 spiro atoms. The Bertz CT molecular complexity index is 724. The summed E-state index contributed by atoms with van der Waals surface area (Å²) in [5, 5.41) is 6.58. The van der Waals surface area contributed by atoms with Crippen LogP contribution in [0.4, 0.5) is 5.88 Å². The minimum atomic E-state index is -0.219. The molecule has 2 atom stereocenters. The van der Waals surface area contributed by atoms with Crippen molar-refractivity contribution in [2.45, 2.75) is 39.4 Å². The van der Waals surface area contributed by atoms with Crippen molar-refractivity contribution in [3.8, 4) is 0 Å². The summed E-state index contributed by atoms with van der Waals surface area (Å²) in [6.45, 7) is 9.38. The van der Waals surface area contributed by atoms with Crippen LogP contribution in [0.15, 0.2) is 23.0 Å². The molecule has 2 aromatic rings. The molecule has 0 aliphatic carbocycles. The summed E-state index contributed by atoms with van der Waals surface area (Å²) in [5.41, 5.74) is 0.750. The second-order valence-electron chi connectivity index (χ2n) is 6.77. The summed E-state index contributed by atoms with van der Waals surface area (Å²) >= 11 is 0. The molecule has 0 bridgehead atoms. The fourth-order valence-corrected chi connectivity index (χ4v) is 3.15. The van der Waals surface area contributed by atoms with E-state index in [1.165, 1.54) is 0 Å². The molecule has 1 amide bonds. The van der Waals surface area contributed by atoms with Crippen LogP contribution in [-0.2, 0) is 18.4 Å². The summed E-state index contributed by atoms with van der Waals surface area (Å²) in [5.74, 6) is 1.39. The molecule has 1 saturated heterocycles. The van der Waals surface area contributed by atoms with E-state index in [1.54, 1.807) is 6.07 Å². The van der Waals surface area contributed by atoms with Crippen molar-refractivity contribution < 1.29 is 9.32 Å². The number of carbonyl (C=O) groups is 1. The highest BCUT2D eigenvalue weighted by atomic mass is 16.5. The van der Waals surface area contributed by atoms with Gasteiger partial charge in [-0.25, -0.2) is 4.98 Å². The number of hydrogen-bond donors (Lipinski definition) is 1. The van der Waals surface area contributed by atoms with E-state index in [0.29, 0.717) is 11.9 Å². The van der Waals surface area contributed by atoms with Crippen LogP contribution in [0.2, 0.25) is 0 Å². The Morgan fingerprint density at radius 3 is 2.88 bits per heavy atom. The molecule has 136 valence electrons. The smallest absolute Gasteiger partial charge is 0.243 e. The van der Waals surface area contributed by atoms with Gasteiger partial charge in [0.2, 0.25) is 11.8 Å². The maximum Gasteiger partial charge on any atom is 0.243 e. The van der Waals surface area contributed by atoms with Gasteiger partial charge in [0.25, 0.3) is 0 Å². The lowest BCUT2D eigenvalue weighted by Gasteiger charge is -2.41. The van der Waals surface area contributed by atoms with E-state index in [1.807, 2.05) is 33.3 Å². The molecule has 25 heavy (non-hydrogen) atoms. The number of nitrogens with one attached hydrogen (secondary N) is 1. The zero-order valence-corrected chi connectivity index (χ0v) is 15.3. The largest absolute Gasteiger partial charge is 0.338 e. The average molecular weight is 346 g/mol. The molecule has 0 saturated carbocycles. The number of piperazine rings is 1. The number of hydrogen-bond acceptors (Lipinski definition) is 6. The first kappa shape index (κ1) is 17.6. The molecule has 1 aliphatic rings. The first-order valence-corrected chi connectivity index (χ1v) is 8.62. The Balaban J connectivity index is 1.54. The van der Waals surface area contributed by atoms with Gasteiger partial charge in [0.05, 0.1) is 18.3 Å². The number of amides is 1. The minimum absolute atomic E-state index is 0.0686. The van der Waals surface area contributed by atoms with Crippen LogP contribution in [0.3, 0.4) is 0 Å². The number of rotatable bonds is 5. The van der Waals surface area contributed by atoms with Gasteiger partial charge < -0.3 is 9.09 Å². The van der Waals surface area contributed by atoms with Crippen LogP contribution in [0.5, 0.6) is 0 Å². The maximum absolute atomic E-state index is 12.4. The Morgan fingerprint density at radius 1 is 1.48 bits per heavy atom. The predicted octanol–water partition coefficient (Wildman–Crippen LogP) is 1.25. The van der Waals surface area contributed by atoms with E-state index >= 15 is 0 Å². The number of aromatic nitrogens is 3. The Morgan fingerprint density at radius 2 is 2.28 bits per heavy atom. The third-order valence-corrected chi connectivity index (χ3v) is 4.86. The monoisotopic (exact) mass is 346 g/mol. The lowest BCUT2D eigenvalue weighted by Crippen LogP contribution is -2.56. The van der Waals surface area contributed by atoms with Gasteiger partial charge in [0, 0.05) is 51.2 Å². The second-order valence-corrected chi connectivity index (χ2v) is 6.77.